The molecule has 0 bridgehead atoms. The van der Waals surface area contributed by atoms with Crippen molar-refractivity contribution in [2.45, 2.75) is 13.1 Å². The topological polar surface area (TPSA) is 74.0 Å². The highest BCUT2D eigenvalue weighted by Gasteiger charge is 2.40. The molecule has 1 heterocycles. The van der Waals surface area contributed by atoms with E-state index in [1.54, 1.807) is 6.92 Å². The van der Waals surface area contributed by atoms with Crippen molar-refractivity contribution >= 4 is 0 Å². The van der Waals surface area contributed by atoms with Crippen molar-refractivity contribution in [2.24, 2.45) is 0 Å². The van der Waals surface area contributed by atoms with Gasteiger partial charge in [-0.25, -0.2) is 0 Å². The van der Waals surface area contributed by atoms with Gasteiger partial charge in [-0.05, 0) is 42.3 Å². The first-order valence-corrected chi connectivity index (χ1v) is 9.05. The SMILES string of the molecule is C=C(C)COc1ccc(-c2onc(C(F)(F)F)c2-c2ccc(OC)c(OC)c2)c(O)c1. The summed E-state index contributed by atoms with van der Waals surface area (Å²) in [4.78, 5) is 0. The average molecular weight is 435 g/mol. The fourth-order valence-corrected chi connectivity index (χ4v) is 2.93. The highest BCUT2D eigenvalue weighted by Crippen LogP contribution is 2.46. The maximum atomic E-state index is 13.7. The third-order valence-corrected chi connectivity index (χ3v) is 4.33. The zero-order valence-electron chi connectivity index (χ0n) is 17.0. The third kappa shape index (κ3) is 4.60. The van der Waals surface area contributed by atoms with Crippen LogP contribution in [0.2, 0.25) is 0 Å². The molecule has 0 aliphatic rings. The van der Waals surface area contributed by atoms with Crippen LogP contribution in [0.1, 0.15) is 12.6 Å². The fourth-order valence-electron chi connectivity index (χ4n) is 2.93. The number of benzene rings is 2. The lowest BCUT2D eigenvalue weighted by molar-refractivity contribution is -0.142. The molecular formula is C22H20F3NO5. The Bertz CT molecular complexity index is 1110. The van der Waals surface area contributed by atoms with E-state index < -0.39 is 11.9 Å². The van der Waals surface area contributed by atoms with E-state index in [-0.39, 0.29) is 40.6 Å². The van der Waals surface area contributed by atoms with Crippen LogP contribution in [0, 0.1) is 0 Å². The van der Waals surface area contributed by atoms with Gasteiger partial charge in [0.1, 0.15) is 18.1 Å². The molecule has 0 spiro atoms. The quantitative estimate of drug-likeness (QED) is 0.480. The number of hydrogen-bond donors (Lipinski definition) is 1. The number of halogens is 3. The first kappa shape index (κ1) is 22.1. The number of rotatable bonds is 7. The predicted molar refractivity (Wildman–Crippen MR) is 107 cm³/mol. The summed E-state index contributed by atoms with van der Waals surface area (Å²) < 4.78 is 61.8. The Kier molecular flexibility index (Phi) is 6.14. The van der Waals surface area contributed by atoms with Crippen LogP contribution in [0.4, 0.5) is 13.2 Å². The zero-order chi connectivity index (χ0) is 22.8. The monoisotopic (exact) mass is 435 g/mol. The number of aromatic hydroxyl groups is 1. The Morgan fingerprint density at radius 3 is 2.39 bits per heavy atom. The Morgan fingerprint density at radius 2 is 1.81 bits per heavy atom. The van der Waals surface area contributed by atoms with Gasteiger partial charge in [-0.15, -0.1) is 0 Å². The van der Waals surface area contributed by atoms with Crippen molar-refractivity contribution in [3.63, 3.8) is 0 Å². The molecule has 0 radical (unpaired) electrons. The summed E-state index contributed by atoms with van der Waals surface area (Å²) in [6, 6.07) is 8.46. The average Bonchev–Trinajstić information content (AvgIpc) is 3.17. The molecule has 3 aromatic rings. The smallest absolute Gasteiger partial charge is 0.437 e. The van der Waals surface area contributed by atoms with Crippen molar-refractivity contribution in [3.05, 3.63) is 54.2 Å². The van der Waals surface area contributed by atoms with Gasteiger partial charge in [-0.1, -0.05) is 17.8 Å². The number of phenols is 1. The van der Waals surface area contributed by atoms with Crippen molar-refractivity contribution in [2.75, 3.05) is 20.8 Å². The van der Waals surface area contributed by atoms with Crippen LogP contribution in [-0.4, -0.2) is 31.1 Å². The molecule has 0 fully saturated rings. The summed E-state index contributed by atoms with van der Waals surface area (Å²) in [6.45, 7) is 5.73. The van der Waals surface area contributed by atoms with E-state index in [2.05, 4.69) is 11.7 Å². The first-order valence-electron chi connectivity index (χ1n) is 9.05. The van der Waals surface area contributed by atoms with Crippen molar-refractivity contribution < 1.29 is 37.0 Å². The predicted octanol–water partition coefficient (Wildman–Crippen LogP) is 5.71. The van der Waals surface area contributed by atoms with Crippen LogP contribution in [-0.2, 0) is 6.18 Å². The lowest BCUT2D eigenvalue weighted by atomic mass is 9.98. The summed E-state index contributed by atoms with van der Waals surface area (Å²) in [5, 5.41) is 13.7. The molecule has 164 valence electrons. The zero-order valence-corrected chi connectivity index (χ0v) is 17.0. The number of alkyl halides is 3. The number of phenolic OH excluding ortho intramolecular Hbond substituents is 1. The molecule has 3 rings (SSSR count). The van der Waals surface area contributed by atoms with E-state index in [0.29, 0.717) is 11.5 Å². The number of methoxy groups -OCH3 is 2. The van der Waals surface area contributed by atoms with Gasteiger partial charge in [0.15, 0.2) is 23.0 Å². The maximum Gasteiger partial charge on any atom is 0.437 e. The number of hydrogen-bond acceptors (Lipinski definition) is 6. The first-order chi connectivity index (χ1) is 14.7. The fraction of sp³-hybridized carbons (Fsp3) is 0.227. The van der Waals surface area contributed by atoms with E-state index >= 15 is 0 Å². The van der Waals surface area contributed by atoms with Gasteiger partial charge >= 0.3 is 6.18 Å². The summed E-state index contributed by atoms with van der Waals surface area (Å²) in [5.41, 5.74) is -0.640. The van der Waals surface area contributed by atoms with Crippen LogP contribution in [0.15, 0.2) is 53.1 Å². The Morgan fingerprint density at radius 1 is 1.10 bits per heavy atom. The summed E-state index contributed by atoms with van der Waals surface area (Å²) >= 11 is 0. The number of ether oxygens (including phenoxy) is 3. The largest absolute Gasteiger partial charge is 0.507 e. The van der Waals surface area contributed by atoms with Crippen LogP contribution >= 0.6 is 0 Å². The van der Waals surface area contributed by atoms with Gasteiger partial charge < -0.3 is 23.8 Å². The minimum atomic E-state index is -4.79. The van der Waals surface area contributed by atoms with Crippen LogP contribution in [0.3, 0.4) is 0 Å². The Labute approximate surface area is 176 Å². The lowest BCUT2D eigenvalue weighted by Crippen LogP contribution is -2.07. The van der Waals surface area contributed by atoms with E-state index in [1.165, 1.54) is 50.6 Å². The highest BCUT2D eigenvalue weighted by atomic mass is 19.4. The minimum absolute atomic E-state index is 0.0236. The van der Waals surface area contributed by atoms with Crippen LogP contribution in [0.5, 0.6) is 23.0 Å². The number of aromatic nitrogens is 1. The molecular weight excluding hydrogens is 415 g/mol. The minimum Gasteiger partial charge on any atom is -0.507 e. The Hall–Kier alpha value is -3.62. The number of nitrogens with zero attached hydrogens (tertiary/aromatic N) is 1. The van der Waals surface area contributed by atoms with E-state index in [4.69, 9.17) is 18.7 Å². The molecule has 0 saturated heterocycles. The molecule has 1 aromatic heterocycles. The van der Waals surface area contributed by atoms with Crippen molar-refractivity contribution in [3.8, 4) is 45.4 Å². The summed E-state index contributed by atoms with van der Waals surface area (Å²) in [7, 11) is 2.79. The van der Waals surface area contributed by atoms with Gasteiger partial charge in [0, 0.05) is 6.07 Å². The van der Waals surface area contributed by atoms with Gasteiger partial charge in [0.25, 0.3) is 0 Å². The van der Waals surface area contributed by atoms with Gasteiger partial charge in [0.2, 0.25) is 0 Å². The molecule has 31 heavy (non-hydrogen) atoms. The summed E-state index contributed by atoms with van der Waals surface area (Å²) in [6.07, 6.45) is -4.79. The van der Waals surface area contributed by atoms with Crippen LogP contribution in [0.25, 0.3) is 22.5 Å². The van der Waals surface area contributed by atoms with E-state index in [1.807, 2.05) is 0 Å². The molecule has 9 heteroatoms. The standard InChI is InChI=1S/C22H20F3NO5/c1-12(2)11-30-14-6-7-15(16(27)10-14)20-19(21(26-31-20)22(23,24)25)13-5-8-17(28-3)18(9-13)29-4/h5-10,27H,1,11H2,2-4H3. The van der Waals surface area contributed by atoms with Gasteiger partial charge in [-0.2, -0.15) is 13.2 Å². The molecule has 2 aromatic carbocycles. The summed E-state index contributed by atoms with van der Waals surface area (Å²) in [5.74, 6) is 0.328. The molecule has 1 N–H and O–H groups in total. The van der Waals surface area contributed by atoms with Crippen molar-refractivity contribution in [1.29, 1.82) is 0 Å². The van der Waals surface area contributed by atoms with E-state index in [9.17, 15) is 18.3 Å². The third-order valence-electron chi connectivity index (χ3n) is 4.33. The van der Waals surface area contributed by atoms with E-state index in [0.717, 1.165) is 5.57 Å². The van der Waals surface area contributed by atoms with Crippen molar-refractivity contribution in [1.82, 2.24) is 5.16 Å². The molecule has 0 aliphatic heterocycles. The second kappa shape index (κ2) is 8.63. The van der Waals surface area contributed by atoms with Gasteiger partial charge in [-0.3, -0.25) is 0 Å². The highest BCUT2D eigenvalue weighted by molar-refractivity contribution is 5.85. The molecule has 6 nitrogen and oxygen atoms in total. The lowest BCUT2D eigenvalue weighted by Gasteiger charge is -2.12. The van der Waals surface area contributed by atoms with Gasteiger partial charge in [0.05, 0.1) is 25.3 Å². The maximum absolute atomic E-state index is 13.7. The second-order valence-electron chi connectivity index (χ2n) is 6.73. The molecule has 0 saturated carbocycles. The van der Waals surface area contributed by atoms with Crippen LogP contribution < -0.4 is 14.2 Å². The second-order valence-corrected chi connectivity index (χ2v) is 6.73. The molecule has 0 atom stereocenters. The molecule has 0 aliphatic carbocycles. The normalized spacial score (nSPS) is 11.3. The molecule has 0 amide bonds. The Balaban J connectivity index is 2.15. The molecule has 0 unspecified atom stereocenters.